The van der Waals surface area contributed by atoms with Crippen molar-refractivity contribution in [2.24, 2.45) is 5.92 Å². The molecule has 1 aromatic rings. The zero-order valence-corrected chi connectivity index (χ0v) is 10.7. The van der Waals surface area contributed by atoms with Crippen LogP contribution in [0, 0.1) is 5.92 Å². The average molecular weight is 268 g/mol. The predicted octanol–water partition coefficient (Wildman–Crippen LogP) is 4.36. The van der Waals surface area contributed by atoms with Gasteiger partial charge in [-0.15, -0.1) is 0 Å². The Labute approximate surface area is 100 Å². The highest BCUT2D eigenvalue weighted by Crippen LogP contribution is 2.28. The van der Waals surface area contributed by atoms with Gasteiger partial charge in [0.05, 0.1) is 0 Å². The maximum Gasteiger partial charge on any atom is 0.0412 e. The average Bonchev–Trinajstić information content (AvgIpc) is 2.29. The first-order valence-corrected chi connectivity index (χ1v) is 6.74. The number of hydrogen-bond donors (Lipinski definition) is 0. The molecule has 0 N–H and O–H groups in total. The van der Waals surface area contributed by atoms with Crippen LogP contribution >= 0.6 is 15.9 Å². The van der Waals surface area contributed by atoms with Gasteiger partial charge in [0.15, 0.2) is 0 Å². The van der Waals surface area contributed by atoms with Crippen molar-refractivity contribution in [1.82, 2.24) is 4.98 Å². The smallest absolute Gasteiger partial charge is 0.0412 e. The molecular formula is C13H18BrN. The van der Waals surface area contributed by atoms with E-state index in [0.29, 0.717) is 0 Å². The fourth-order valence-electron chi connectivity index (χ4n) is 2.44. The number of hydrogen-bond acceptors (Lipinski definition) is 1. The highest BCUT2D eigenvalue weighted by Gasteiger charge is 2.13. The Morgan fingerprint density at radius 3 is 2.80 bits per heavy atom. The minimum absolute atomic E-state index is 0.971. The zero-order valence-electron chi connectivity index (χ0n) is 9.08. The maximum absolute atomic E-state index is 4.09. The number of halogens is 1. The minimum Gasteiger partial charge on any atom is -0.264 e. The number of nitrogens with zero attached hydrogens (tertiary/aromatic N) is 1. The number of aromatic nitrogens is 1. The van der Waals surface area contributed by atoms with Crippen molar-refractivity contribution in [2.45, 2.75) is 44.9 Å². The Balaban J connectivity index is 1.84. The van der Waals surface area contributed by atoms with E-state index in [-0.39, 0.29) is 0 Å². The van der Waals surface area contributed by atoms with Crippen molar-refractivity contribution < 1.29 is 0 Å². The molecule has 0 unspecified atom stereocenters. The van der Waals surface area contributed by atoms with E-state index in [0.717, 1.165) is 5.92 Å². The Kier molecular flexibility index (Phi) is 4.18. The van der Waals surface area contributed by atoms with E-state index in [4.69, 9.17) is 0 Å². The summed E-state index contributed by atoms with van der Waals surface area (Å²) in [4.78, 5) is 4.09. The zero-order chi connectivity index (χ0) is 10.5. The summed E-state index contributed by atoms with van der Waals surface area (Å²) in [5.74, 6) is 0.971. The Bertz CT molecular complexity index is 305. The lowest BCUT2D eigenvalue weighted by Crippen LogP contribution is -2.07. The lowest BCUT2D eigenvalue weighted by molar-refractivity contribution is 0.339. The number of pyridine rings is 1. The van der Waals surface area contributed by atoms with Crippen LogP contribution in [0.5, 0.6) is 0 Å². The molecule has 0 radical (unpaired) electrons. The van der Waals surface area contributed by atoms with Gasteiger partial charge in [0.25, 0.3) is 0 Å². The van der Waals surface area contributed by atoms with E-state index < -0.39 is 0 Å². The van der Waals surface area contributed by atoms with Gasteiger partial charge in [-0.2, -0.15) is 0 Å². The summed E-state index contributed by atoms with van der Waals surface area (Å²) in [6, 6.07) is 2.13. The molecule has 1 saturated carbocycles. The fraction of sp³-hybridized carbons (Fsp3) is 0.615. The molecule has 1 nitrogen and oxygen atoms in total. The Morgan fingerprint density at radius 2 is 2.07 bits per heavy atom. The molecular weight excluding hydrogens is 250 g/mol. The second-order valence-corrected chi connectivity index (χ2v) is 5.36. The first-order chi connectivity index (χ1) is 7.36. The third-order valence-electron chi connectivity index (χ3n) is 3.40. The van der Waals surface area contributed by atoms with Crippen LogP contribution in [-0.4, -0.2) is 4.98 Å². The van der Waals surface area contributed by atoms with Gasteiger partial charge >= 0.3 is 0 Å². The van der Waals surface area contributed by atoms with E-state index in [1.807, 2.05) is 12.4 Å². The van der Waals surface area contributed by atoms with Gasteiger partial charge in [-0.25, -0.2) is 0 Å². The van der Waals surface area contributed by atoms with Crippen LogP contribution in [0.25, 0.3) is 0 Å². The van der Waals surface area contributed by atoms with Crippen molar-refractivity contribution in [2.75, 3.05) is 0 Å². The molecule has 2 rings (SSSR count). The first kappa shape index (κ1) is 11.1. The molecule has 0 atom stereocenters. The normalized spacial score (nSPS) is 17.9. The van der Waals surface area contributed by atoms with Crippen molar-refractivity contribution in [3.63, 3.8) is 0 Å². The number of rotatable bonds is 3. The molecule has 82 valence electrons. The van der Waals surface area contributed by atoms with Crippen LogP contribution in [0.1, 0.15) is 44.1 Å². The van der Waals surface area contributed by atoms with Crippen molar-refractivity contribution in [1.29, 1.82) is 0 Å². The van der Waals surface area contributed by atoms with E-state index in [9.17, 15) is 0 Å². The van der Waals surface area contributed by atoms with Gasteiger partial charge in [-0.05, 0) is 46.3 Å². The molecule has 1 aromatic heterocycles. The van der Waals surface area contributed by atoms with Gasteiger partial charge in [0.1, 0.15) is 0 Å². The van der Waals surface area contributed by atoms with Crippen LogP contribution < -0.4 is 0 Å². The summed E-state index contributed by atoms with van der Waals surface area (Å²) >= 11 is 3.56. The third-order valence-corrected chi connectivity index (χ3v) is 4.12. The molecule has 2 heteroatoms. The second kappa shape index (κ2) is 5.64. The SMILES string of the molecule is Brc1cnccc1CCC1CCCCC1. The standard InChI is InChI=1S/C13H18BrN/c14-13-10-15-9-8-12(13)7-6-11-4-2-1-3-5-11/h8-11H,1-7H2. The Hall–Kier alpha value is -0.370. The van der Waals surface area contributed by atoms with E-state index in [2.05, 4.69) is 27.0 Å². The van der Waals surface area contributed by atoms with Gasteiger partial charge in [-0.1, -0.05) is 32.1 Å². The Morgan fingerprint density at radius 1 is 1.27 bits per heavy atom. The van der Waals surface area contributed by atoms with Crippen LogP contribution in [0.2, 0.25) is 0 Å². The highest BCUT2D eigenvalue weighted by atomic mass is 79.9. The number of aryl methyl sites for hydroxylation is 1. The minimum atomic E-state index is 0.971. The first-order valence-electron chi connectivity index (χ1n) is 5.94. The third kappa shape index (κ3) is 3.30. The molecule has 0 aromatic carbocycles. The van der Waals surface area contributed by atoms with Crippen LogP contribution in [0.3, 0.4) is 0 Å². The summed E-state index contributed by atoms with van der Waals surface area (Å²) in [6.07, 6.45) is 13.6. The van der Waals surface area contributed by atoms with Gasteiger partial charge in [0, 0.05) is 16.9 Å². The largest absolute Gasteiger partial charge is 0.264 e. The fourth-order valence-corrected chi connectivity index (χ4v) is 2.89. The molecule has 0 bridgehead atoms. The van der Waals surface area contributed by atoms with Gasteiger partial charge in [0.2, 0.25) is 0 Å². The highest BCUT2D eigenvalue weighted by molar-refractivity contribution is 9.10. The summed E-state index contributed by atoms with van der Waals surface area (Å²) in [6.45, 7) is 0. The van der Waals surface area contributed by atoms with Crippen molar-refractivity contribution in [3.05, 3.63) is 28.5 Å². The molecule has 15 heavy (non-hydrogen) atoms. The second-order valence-electron chi connectivity index (χ2n) is 4.51. The van der Waals surface area contributed by atoms with Crippen molar-refractivity contribution in [3.8, 4) is 0 Å². The lowest BCUT2D eigenvalue weighted by Gasteiger charge is -2.21. The van der Waals surface area contributed by atoms with E-state index in [1.165, 1.54) is 55.0 Å². The van der Waals surface area contributed by atoms with Crippen LogP contribution in [-0.2, 0) is 6.42 Å². The maximum atomic E-state index is 4.09. The lowest BCUT2D eigenvalue weighted by atomic mass is 9.85. The molecule has 0 spiro atoms. The summed E-state index contributed by atoms with van der Waals surface area (Å²) in [5, 5.41) is 0. The summed E-state index contributed by atoms with van der Waals surface area (Å²) in [7, 11) is 0. The van der Waals surface area contributed by atoms with Crippen LogP contribution in [0.15, 0.2) is 22.9 Å². The van der Waals surface area contributed by atoms with Gasteiger partial charge in [-0.3, -0.25) is 4.98 Å². The quantitative estimate of drug-likeness (QED) is 0.793. The molecule has 1 heterocycles. The monoisotopic (exact) mass is 267 g/mol. The van der Waals surface area contributed by atoms with E-state index >= 15 is 0 Å². The predicted molar refractivity (Wildman–Crippen MR) is 66.8 cm³/mol. The van der Waals surface area contributed by atoms with Crippen LogP contribution in [0.4, 0.5) is 0 Å². The van der Waals surface area contributed by atoms with E-state index in [1.54, 1.807) is 0 Å². The topological polar surface area (TPSA) is 12.9 Å². The van der Waals surface area contributed by atoms with Gasteiger partial charge < -0.3 is 0 Å². The molecule has 0 aliphatic heterocycles. The molecule has 1 fully saturated rings. The molecule has 0 amide bonds. The molecule has 1 aliphatic carbocycles. The summed E-state index contributed by atoms with van der Waals surface area (Å²) in [5.41, 5.74) is 1.41. The molecule has 1 aliphatic rings. The summed E-state index contributed by atoms with van der Waals surface area (Å²) < 4.78 is 1.17. The molecule has 0 saturated heterocycles. The van der Waals surface area contributed by atoms with Crippen molar-refractivity contribution >= 4 is 15.9 Å².